The third-order valence-electron chi connectivity index (χ3n) is 2.87. The molecule has 2 rings (SSSR count). The first kappa shape index (κ1) is 16.0. The topological polar surface area (TPSA) is 87.8 Å². The van der Waals surface area contributed by atoms with E-state index in [1.165, 1.54) is 12.1 Å². The van der Waals surface area contributed by atoms with Crippen molar-refractivity contribution in [1.82, 2.24) is 0 Å². The smallest absolute Gasteiger partial charge is 0.269 e. The Labute approximate surface area is 135 Å². The highest BCUT2D eigenvalue weighted by atomic mass is 79.9. The summed E-state index contributed by atoms with van der Waals surface area (Å²) in [5.74, 6) is 0.176. The van der Waals surface area contributed by atoms with Crippen LogP contribution in [0.2, 0.25) is 0 Å². The highest BCUT2D eigenvalue weighted by Gasteiger charge is 2.03. The molecule has 0 radical (unpaired) electrons. The van der Waals surface area contributed by atoms with Gasteiger partial charge in [-0.15, -0.1) is 0 Å². The molecule has 0 spiro atoms. The number of hydrogen-bond acceptors (Lipinski definition) is 5. The zero-order valence-electron chi connectivity index (χ0n) is 11.6. The molecule has 0 amide bonds. The summed E-state index contributed by atoms with van der Waals surface area (Å²) in [4.78, 5) is 14.3. The first-order chi connectivity index (χ1) is 10.6. The van der Waals surface area contributed by atoms with Crippen LogP contribution in [-0.2, 0) is 0 Å². The number of phenols is 1. The molecule has 0 saturated heterocycles. The maximum absolute atomic E-state index is 10.5. The standard InChI is InChI=1S/C15H14BrN3O3/c16-12-1-6-15(20)11(9-12)10-17-7-8-18-13-2-4-14(5-3-13)19(21)22/h1-6,9-10,18,20H,7-8H2. The summed E-state index contributed by atoms with van der Waals surface area (Å²) < 4.78 is 0.871. The Balaban J connectivity index is 1.82. The highest BCUT2D eigenvalue weighted by molar-refractivity contribution is 9.10. The van der Waals surface area contributed by atoms with E-state index in [2.05, 4.69) is 26.2 Å². The first-order valence-electron chi connectivity index (χ1n) is 6.53. The second kappa shape index (κ2) is 7.56. The van der Waals surface area contributed by atoms with Crippen molar-refractivity contribution in [2.45, 2.75) is 0 Å². The van der Waals surface area contributed by atoms with Crippen molar-refractivity contribution in [2.75, 3.05) is 18.4 Å². The van der Waals surface area contributed by atoms with E-state index in [0.717, 1.165) is 10.2 Å². The molecule has 6 nitrogen and oxygen atoms in total. The van der Waals surface area contributed by atoms with Gasteiger partial charge < -0.3 is 10.4 Å². The minimum absolute atomic E-state index is 0.0636. The van der Waals surface area contributed by atoms with Crippen LogP contribution in [-0.4, -0.2) is 29.3 Å². The molecule has 2 aromatic rings. The van der Waals surface area contributed by atoms with Crippen LogP contribution in [0.25, 0.3) is 0 Å². The SMILES string of the molecule is O=[N+]([O-])c1ccc(NCCN=Cc2cc(Br)ccc2O)cc1. The third kappa shape index (κ3) is 4.56. The molecule has 0 aliphatic heterocycles. The molecule has 0 aromatic heterocycles. The van der Waals surface area contributed by atoms with E-state index in [1.54, 1.807) is 36.5 Å². The van der Waals surface area contributed by atoms with E-state index in [0.29, 0.717) is 18.7 Å². The lowest BCUT2D eigenvalue weighted by atomic mass is 10.2. The number of non-ortho nitro benzene ring substituents is 1. The fourth-order valence-corrected chi connectivity index (χ4v) is 2.14. The minimum Gasteiger partial charge on any atom is -0.507 e. The Kier molecular flexibility index (Phi) is 5.48. The summed E-state index contributed by atoms with van der Waals surface area (Å²) in [6.45, 7) is 1.10. The number of hydrogen-bond donors (Lipinski definition) is 2. The molecule has 0 bridgehead atoms. The van der Waals surface area contributed by atoms with Crippen LogP contribution in [0.15, 0.2) is 51.9 Å². The minimum atomic E-state index is -0.432. The van der Waals surface area contributed by atoms with Crippen molar-refractivity contribution in [3.05, 3.63) is 62.6 Å². The normalized spacial score (nSPS) is 10.8. The monoisotopic (exact) mass is 363 g/mol. The molecule has 0 fully saturated rings. The van der Waals surface area contributed by atoms with E-state index in [-0.39, 0.29) is 11.4 Å². The van der Waals surface area contributed by atoms with Gasteiger partial charge in [-0.25, -0.2) is 0 Å². The molecule has 2 aromatic carbocycles. The van der Waals surface area contributed by atoms with Gasteiger partial charge in [-0.3, -0.25) is 15.1 Å². The number of anilines is 1. The van der Waals surface area contributed by atoms with Crippen molar-refractivity contribution >= 4 is 33.5 Å². The van der Waals surface area contributed by atoms with E-state index in [9.17, 15) is 15.2 Å². The summed E-state index contributed by atoms with van der Waals surface area (Å²) in [7, 11) is 0. The Morgan fingerprint density at radius 1 is 1.27 bits per heavy atom. The molecule has 114 valence electrons. The molecule has 0 unspecified atom stereocenters. The van der Waals surface area contributed by atoms with Crippen molar-refractivity contribution in [2.24, 2.45) is 4.99 Å². The average Bonchev–Trinajstić information content (AvgIpc) is 2.50. The fourth-order valence-electron chi connectivity index (χ4n) is 1.76. The van der Waals surface area contributed by atoms with E-state index in [4.69, 9.17) is 0 Å². The van der Waals surface area contributed by atoms with Crippen molar-refractivity contribution < 1.29 is 10.0 Å². The Morgan fingerprint density at radius 2 is 2.00 bits per heavy atom. The summed E-state index contributed by atoms with van der Waals surface area (Å²) in [6.07, 6.45) is 1.61. The molecular formula is C15H14BrN3O3. The number of halogens is 1. The maximum Gasteiger partial charge on any atom is 0.269 e. The summed E-state index contributed by atoms with van der Waals surface area (Å²) >= 11 is 3.33. The van der Waals surface area contributed by atoms with Gasteiger partial charge in [-0.1, -0.05) is 15.9 Å². The number of nitrogens with zero attached hydrogens (tertiary/aromatic N) is 2. The van der Waals surface area contributed by atoms with Crippen LogP contribution in [0, 0.1) is 10.1 Å². The molecule has 2 N–H and O–H groups in total. The molecule has 0 aliphatic carbocycles. The predicted octanol–water partition coefficient (Wildman–Crippen LogP) is 3.59. The number of benzene rings is 2. The van der Waals surface area contributed by atoms with E-state index < -0.39 is 4.92 Å². The molecule has 7 heteroatoms. The first-order valence-corrected chi connectivity index (χ1v) is 7.32. The van der Waals surface area contributed by atoms with Gasteiger partial charge in [0.15, 0.2) is 0 Å². The Bertz CT molecular complexity index is 687. The van der Waals surface area contributed by atoms with Gasteiger partial charge in [0.25, 0.3) is 5.69 Å². The third-order valence-corrected chi connectivity index (χ3v) is 3.36. The number of nitro benzene ring substituents is 1. The quantitative estimate of drug-likeness (QED) is 0.355. The van der Waals surface area contributed by atoms with Gasteiger partial charge in [-0.05, 0) is 30.3 Å². The highest BCUT2D eigenvalue weighted by Crippen LogP contribution is 2.20. The van der Waals surface area contributed by atoms with Gasteiger partial charge in [-0.2, -0.15) is 0 Å². The zero-order valence-corrected chi connectivity index (χ0v) is 13.2. The summed E-state index contributed by atoms with van der Waals surface area (Å²) in [6, 6.07) is 11.3. The van der Waals surface area contributed by atoms with Gasteiger partial charge in [0.1, 0.15) is 5.75 Å². The maximum atomic E-state index is 10.5. The number of aliphatic imine (C=N–C) groups is 1. The number of phenolic OH excluding ortho intramolecular Hbond substituents is 1. The molecule has 22 heavy (non-hydrogen) atoms. The fraction of sp³-hybridized carbons (Fsp3) is 0.133. The van der Waals surface area contributed by atoms with Crippen LogP contribution in [0.4, 0.5) is 11.4 Å². The molecular weight excluding hydrogens is 350 g/mol. The largest absolute Gasteiger partial charge is 0.507 e. The number of nitro groups is 1. The van der Waals surface area contributed by atoms with Gasteiger partial charge in [0.2, 0.25) is 0 Å². The lowest BCUT2D eigenvalue weighted by molar-refractivity contribution is -0.384. The van der Waals surface area contributed by atoms with Crippen LogP contribution < -0.4 is 5.32 Å². The van der Waals surface area contributed by atoms with E-state index in [1.807, 2.05) is 0 Å². The van der Waals surface area contributed by atoms with Crippen LogP contribution in [0.5, 0.6) is 5.75 Å². The molecule has 0 saturated carbocycles. The average molecular weight is 364 g/mol. The second-order valence-corrected chi connectivity index (χ2v) is 5.38. The summed E-state index contributed by atoms with van der Waals surface area (Å²) in [5.41, 5.74) is 1.50. The predicted molar refractivity (Wildman–Crippen MR) is 89.9 cm³/mol. The second-order valence-electron chi connectivity index (χ2n) is 4.47. The number of nitrogens with one attached hydrogen (secondary N) is 1. The van der Waals surface area contributed by atoms with Crippen molar-refractivity contribution in [3.8, 4) is 5.75 Å². The molecule has 0 heterocycles. The molecule has 0 atom stereocenters. The Morgan fingerprint density at radius 3 is 2.68 bits per heavy atom. The van der Waals surface area contributed by atoms with Gasteiger partial charge in [0.05, 0.1) is 11.5 Å². The van der Waals surface area contributed by atoms with E-state index >= 15 is 0 Å². The lowest BCUT2D eigenvalue weighted by Crippen LogP contribution is -2.05. The number of rotatable bonds is 6. The summed E-state index contributed by atoms with van der Waals surface area (Å²) in [5, 5.41) is 23.3. The molecule has 0 aliphatic rings. The zero-order chi connectivity index (χ0) is 15.9. The number of aromatic hydroxyl groups is 1. The van der Waals surface area contributed by atoms with Crippen LogP contribution in [0.1, 0.15) is 5.56 Å². The Hall–Kier alpha value is -2.41. The van der Waals surface area contributed by atoms with Crippen molar-refractivity contribution in [1.29, 1.82) is 0 Å². The van der Waals surface area contributed by atoms with Crippen LogP contribution in [0.3, 0.4) is 0 Å². The van der Waals surface area contributed by atoms with Gasteiger partial charge in [0, 0.05) is 40.6 Å². The van der Waals surface area contributed by atoms with Crippen LogP contribution >= 0.6 is 15.9 Å². The lowest BCUT2D eigenvalue weighted by Gasteiger charge is -2.04. The van der Waals surface area contributed by atoms with Crippen molar-refractivity contribution in [3.63, 3.8) is 0 Å². The van der Waals surface area contributed by atoms with Gasteiger partial charge >= 0.3 is 0 Å².